The largest absolute Gasteiger partial charge is 0.466 e. The molecule has 5 atom stereocenters. The lowest BCUT2D eigenvalue weighted by molar-refractivity contribution is -0.149. The molecule has 0 spiro atoms. The molecular formula is C26H41N4O10P. The van der Waals surface area contributed by atoms with Crippen LogP contribution in [0.1, 0.15) is 59.3 Å². The Kier molecular flexibility index (Phi) is 14.2. The van der Waals surface area contributed by atoms with Gasteiger partial charge in [-0.25, -0.2) is 9.46 Å². The first-order valence-electron chi connectivity index (χ1n) is 13.5. The quantitative estimate of drug-likeness (QED) is 0.119. The molecule has 3 unspecified atom stereocenters. The fourth-order valence-electron chi connectivity index (χ4n) is 4.31. The van der Waals surface area contributed by atoms with Crippen molar-refractivity contribution in [1.29, 1.82) is 5.26 Å². The van der Waals surface area contributed by atoms with E-state index in [0.717, 1.165) is 4.57 Å². The van der Waals surface area contributed by atoms with Gasteiger partial charge in [0.05, 0.1) is 38.9 Å². The molecule has 1 aromatic heterocycles. The number of aromatic nitrogens is 2. The number of aryl methyl sites for hydroxylation is 1. The second-order valence-electron chi connectivity index (χ2n) is 9.82. The van der Waals surface area contributed by atoms with Gasteiger partial charge in [-0.15, -0.1) is 0 Å². The molecule has 1 aliphatic heterocycles. The van der Waals surface area contributed by atoms with Crippen LogP contribution < -0.4 is 11.2 Å². The van der Waals surface area contributed by atoms with E-state index in [4.69, 9.17) is 33.3 Å². The maximum Gasteiger partial charge on any atom is 0.330 e. The van der Waals surface area contributed by atoms with Crippen molar-refractivity contribution in [2.24, 2.45) is 0 Å². The van der Waals surface area contributed by atoms with E-state index in [-0.39, 0.29) is 50.5 Å². The van der Waals surface area contributed by atoms with Crippen LogP contribution in [0.4, 0.5) is 0 Å². The molecule has 1 N–H and O–H groups in total. The summed E-state index contributed by atoms with van der Waals surface area (Å²) >= 11 is 0. The van der Waals surface area contributed by atoms with Gasteiger partial charge in [0, 0.05) is 31.0 Å². The van der Waals surface area contributed by atoms with Gasteiger partial charge in [0.2, 0.25) is 0 Å². The molecule has 41 heavy (non-hydrogen) atoms. The maximum atomic E-state index is 13.5. The van der Waals surface area contributed by atoms with Crippen molar-refractivity contribution >= 4 is 20.3 Å². The number of methoxy groups -OCH3 is 1. The number of ether oxygens (including phenoxy) is 4. The summed E-state index contributed by atoms with van der Waals surface area (Å²) < 4.78 is 38.0. The third kappa shape index (κ3) is 9.51. The van der Waals surface area contributed by atoms with Gasteiger partial charge >= 0.3 is 11.7 Å². The molecule has 1 fully saturated rings. The van der Waals surface area contributed by atoms with Crippen molar-refractivity contribution in [3.05, 3.63) is 32.6 Å². The zero-order valence-corrected chi connectivity index (χ0v) is 25.5. The highest BCUT2D eigenvalue weighted by Crippen LogP contribution is 2.50. The highest BCUT2D eigenvalue weighted by Gasteiger charge is 2.53. The third-order valence-corrected chi connectivity index (χ3v) is 8.15. The first kappa shape index (κ1) is 34.7. The van der Waals surface area contributed by atoms with Gasteiger partial charge in [-0.3, -0.25) is 23.9 Å². The van der Waals surface area contributed by atoms with Crippen molar-refractivity contribution in [2.45, 2.75) is 91.0 Å². The number of Topliss-reactive ketones (excluding diaryl/α,β-unsaturated/α-hetero) is 1. The van der Waals surface area contributed by atoms with E-state index in [9.17, 15) is 19.2 Å². The van der Waals surface area contributed by atoms with Crippen molar-refractivity contribution in [3.63, 3.8) is 0 Å². The number of H-pyrrole nitrogens is 1. The Morgan fingerprint density at radius 2 is 1.85 bits per heavy atom. The fourth-order valence-corrected chi connectivity index (χ4v) is 6.05. The highest BCUT2D eigenvalue weighted by molar-refractivity contribution is 7.44. The summed E-state index contributed by atoms with van der Waals surface area (Å²) in [6.07, 6.45) is -3.95. The number of nitrogens with zero attached hydrogens (tertiary/aromatic N) is 3. The summed E-state index contributed by atoms with van der Waals surface area (Å²) in [5.74, 6) is -1.38. The predicted octanol–water partition coefficient (Wildman–Crippen LogP) is 1.96. The van der Waals surface area contributed by atoms with Gasteiger partial charge in [-0.05, 0) is 41.5 Å². The van der Waals surface area contributed by atoms with E-state index in [1.165, 1.54) is 20.2 Å². The van der Waals surface area contributed by atoms with Gasteiger partial charge in [-0.1, -0.05) is 0 Å². The van der Waals surface area contributed by atoms with Crippen LogP contribution in [-0.2, 0) is 37.6 Å². The molecule has 14 nitrogen and oxygen atoms in total. The molecule has 0 amide bonds. The topological polar surface area (TPSA) is 171 Å². The second-order valence-corrected chi connectivity index (χ2v) is 11.2. The molecule has 0 aromatic carbocycles. The number of nitrogens with one attached hydrogen (secondary N) is 1. The Balaban J connectivity index is 2.62. The van der Waals surface area contributed by atoms with Crippen LogP contribution in [0.3, 0.4) is 0 Å². The Labute approximate surface area is 240 Å². The number of aromatic amines is 1. The van der Waals surface area contributed by atoms with Crippen LogP contribution in [0.25, 0.3) is 0 Å². The minimum Gasteiger partial charge on any atom is -0.466 e. The summed E-state index contributed by atoms with van der Waals surface area (Å²) in [7, 11) is -0.386. The molecule has 0 saturated carbocycles. The summed E-state index contributed by atoms with van der Waals surface area (Å²) in [5, 5.41) is 9.08. The number of ketones is 1. The molecule has 15 heteroatoms. The van der Waals surface area contributed by atoms with Crippen molar-refractivity contribution in [3.8, 4) is 6.07 Å². The van der Waals surface area contributed by atoms with Gasteiger partial charge < -0.3 is 28.0 Å². The minimum atomic E-state index is -1.88. The number of hydrogen-bond acceptors (Lipinski definition) is 12. The Morgan fingerprint density at radius 1 is 1.17 bits per heavy atom. The van der Waals surface area contributed by atoms with Crippen LogP contribution in [0.15, 0.2) is 15.8 Å². The molecule has 1 aliphatic rings. The lowest BCUT2D eigenvalue weighted by atomic mass is 10.0. The number of hydrogen-bond donors (Lipinski definition) is 1. The van der Waals surface area contributed by atoms with Crippen LogP contribution in [0.2, 0.25) is 0 Å². The number of esters is 1. The lowest BCUT2D eigenvalue weighted by Crippen LogP contribution is -2.43. The van der Waals surface area contributed by atoms with E-state index in [0.29, 0.717) is 0 Å². The van der Waals surface area contributed by atoms with E-state index in [1.807, 2.05) is 38.4 Å². The second kappa shape index (κ2) is 16.8. The van der Waals surface area contributed by atoms with Gasteiger partial charge in [0.1, 0.15) is 24.7 Å². The zero-order chi connectivity index (χ0) is 30.7. The summed E-state index contributed by atoms with van der Waals surface area (Å²) in [4.78, 5) is 52.9. The van der Waals surface area contributed by atoms with Crippen LogP contribution in [0.5, 0.6) is 0 Å². The Morgan fingerprint density at radius 3 is 2.44 bits per heavy atom. The summed E-state index contributed by atoms with van der Waals surface area (Å²) in [6, 6.07) is 1.94. The molecule has 2 heterocycles. The van der Waals surface area contributed by atoms with Gasteiger partial charge in [0.15, 0.2) is 12.0 Å². The first-order chi connectivity index (χ1) is 19.5. The zero-order valence-electron chi connectivity index (χ0n) is 24.7. The molecule has 2 rings (SSSR count). The molecule has 1 saturated heterocycles. The van der Waals surface area contributed by atoms with Crippen molar-refractivity contribution in [2.75, 3.05) is 33.5 Å². The van der Waals surface area contributed by atoms with E-state index >= 15 is 0 Å². The maximum absolute atomic E-state index is 13.5. The number of nitriles is 1. The fraction of sp³-hybridized carbons (Fsp3) is 0.731. The molecule has 230 valence electrons. The first-order valence-corrected chi connectivity index (χ1v) is 14.6. The number of rotatable bonds is 17. The van der Waals surface area contributed by atoms with Crippen LogP contribution >= 0.6 is 8.53 Å². The Bertz CT molecular complexity index is 1160. The normalized spacial score (nSPS) is 21.4. The van der Waals surface area contributed by atoms with Gasteiger partial charge in [-0.2, -0.15) is 5.26 Å². The minimum absolute atomic E-state index is 0.0488. The lowest BCUT2D eigenvalue weighted by Gasteiger charge is -2.38. The number of carbonyl (C=O) groups is 2. The van der Waals surface area contributed by atoms with Crippen LogP contribution in [-0.4, -0.2) is 89.9 Å². The Hall–Kier alpha value is -2.50. The summed E-state index contributed by atoms with van der Waals surface area (Å²) in [5.41, 5.74) is -1.11. The van der Waals surface area contributed by atoms with Gasteiger partial charge in [0.25, 0.3) is 14.1 Å². The average molecular weight is 601 g/mol. The molecule has 0 bridgehead atoms. The number of carbonyl (C=O) groups excluding carboxylic acids is 2. The van der Waals surface area contributed by atoms with E-state index in [1.54, 1.807) is 6.92 Å². The standard InChI is InChI=1S/C26H41N4O10P/c1-8-36-20(32)14-19(31)21-22(40-41(38-11-9-10-27)30(16(2)3)17(4)5)23(37-13-12-35-7)25(39-21)29-15-18(6)24(33)28-26(29)34/h15-17,21-23,25H,8-9,11-14H2,1-7H3,(H,28,33,34)/t21-,22?,23?,25-,41?/m1/s1. The SMILES string of the molecule is CCOC(=O)CC(=O)[C@H]1O[C@@H](n2cc(C)c(=O)[nH]c2=O)C(OCCOC)C1OP(OCCC#N)N(C(C)C)C(C)C. The highest BCUT2D eigenvalue weighted by atomic mass is 31.2. The smallest absolute Gasteiger partial charge is 0.330 e. The third-order valence-electron chi connectivity index (χ3n) is 6.02. The van der Waals surface area contributed by atoms with Crippen LogP contribution in [0, 0.1) is 18.3 Å². The molecule has 1 aromatic rings. The molecule has 0 radical (unpaired) electrons. The van der Waals surface area contributed by atoms with Crippen molar-refractivity contribution in [1.82, 2.24) is 14.2 Å². The monoisotopic (exact) mass is 600 g/mol. The average Bonchev–Trinajstić information content (AvgIpc) is 3.24. The van der Waals surface area contributed by atoms with E-state index in [2.05, 4.69) is 4.98 Å². The molecule has 0 aliphatic carbocycles. The molecular weight excluding hydrogens is 559 g/mol. The van der Waals surface area contributed by atoms with E-state index < -0.39 is 62.5 Å². The predicted molar refractivity (Wildman–Crippen MR) is 148 cm³/mol. The summed E-state index contributed by atoms with van der Waals surface area (Å²) in [6.45, 7) is 11.4. The van der Waals surface area contributed by atoms with Crippen molar-refractivity contribution < 1.29 is 37.6 Å².